The van der Waals surface area contributed by atoms with Crippen LogP contribution in [0.2, 0.25) is 0 Å². The molecule has 0 unspecified atom stereocenters. The van der Waals surface area contributed by atoms with Gasteiger partial charge in [-0.1, -0.05) is 6.07 Å². The average molecular weight is 244 g/mol. The summed E-state index contributed by atoms with van der Waals surface area (Å²) in [6.45, 7) is 0. The van der Waals surface area contributed by atoms with Crippen molar-refractivity contribution < 1.29 is 9.13 Å². The number of halogens is 1. The molecular weight excluding hydrogens is 235 g/mol. The number of rotatable bonds is 3. The molecule has 0 radical (unpaired) electrons. The molecule has 5 nitrogen and oxygen atoms in total. The molecule has 0 bridgehead atoms. The molecule has 90 valence electrons. The van der Waals surface area contributed by atoms with Gasteiger partial charge in [0.05, 0.1) is 5.56 Å². The summed E-state index contributed by atoms with van der Waals surface area (Å²) in [6.07, 6.45) is 0. The van der Waals surface area contributed by atoms with E-state index in [0.717, 1.165) is 6.07 Å². The first-order valence-electron chi connectivity index (χ1n) is 5.04. The number of hydrazine groups is 1. The topological polar surface area (TPSA) is 84.0 Å². The van der Waals surface area contributed by atoms with E-state index in [0.29, 0.717) is 5.82 Å². The van der Waals surface area contributed by atoms with Crippen LogP contribution in [0, 0.1) is 17.1 Å². The van der Waals surface area contributed by atoms with E-state index < -0.39 is 5.82 Å². The van der Waals surface area contributed by atoms with Crippen molar-refractivity contribution in [2.45, 2.75) is 0 Å². The molecule has 0 amide bonds. The number of benzene rings is 1. The first-order chi connectivity index (χ1) is 8.72. The number of nitrogens with two attached hydrogens (primary N) is 1. The van der Waals surface area contributed by atoms with E-state index >= 15 is 0 Å². The Labute approximate surface area is 103 Å². The molecule has 1 aromatic heterocycles. The second kappa shape index (κ2) is 5.12. The minimum Gasteiger partial charge on any atom is -0.439 e. The first-order valence-corrected chi connectivity index (χ1v) is 5.04. The summed E-state index contributed by atoms with van der Waals surface area (Å²) in [5.41, 5.74) is 2.34. The minimum atomic E-state index is -0.636. The van der Waals surface area contributed by atoms with E-state index in [1.165, 1.54) is 12.1 Å². The monoisotopic (exact) mass is 244 g/mol. The normalized spacial score (nSPS) is 9.61. The van der Waals surface area contributed by atoms with Crippen molar-refractivity contribution >= 4 is 5.82 Å². The largest absolute Gasteiger partial charge is 0.439 e. The molecule has 18 heavy (non-hydrogen) atoms. The summed E-state index contributed by atoms with van der Waals surface area (Å²) in [7, 11) is 0. The molecular formula is C12H9FN4O. The summed E-state index contributed by atoms with van der Waals surface area (Å²) in [5, 5.41) is 8.60. The summed E-state index contributed by atoms with van der Waals surface area (Å²) in [6, 6.07) is 10.7. The van der Waals surface area contributed by atoms with Crippen LogP contribution in [-0.2, 0) is 0 Å². The van der Waals surface area contributed by atoms with Gasteiger partial charge < -0.3 is 10.2 Å². The molecule has 0 aliphatic rings. The zero-order valence-corrected chi connectivity index (χ0v) is 9.22. The Morgan fingerprint density at radius 1 is 1.33 bits per heavy atom. The van der Waals surface area contributed by atoms with Gasteiger partial charge in [-0.25, -0.2) is 10.2 Å². The molecule has 2 rings (SSSR count). The van der Waals surface area contributed by atoms with E-state index in [-0.39, 0.29) is 17.2 Å². The molecule has 1 aromatic carbocycles. The van der Waals surface area contributed by atoms with Crippen molar-refractivity contribution in [3.8, 4) is 17.7 Å². The summed E-state index contributed by atoms with van der Waals surface area (Å²) in [5.74, 6) is 5.54. The molecule has 0 saturated carbocycles. The smallest absolute Gasteiger partial charge is 0.221 e. The molecule has 6 heteroatoms. The molecule has 0 spiro atoms. The highest BCUT2D eigenvalue weighted by molar-refractivity contribution is 5.40. The van der Waals surface area contributed by atoms with Crippen LogP contribution in [0.25, 0.3) is 0 Å². The van der Waals surface area contributed by atoms with Crippen LogP contribution in [0.1, 0.15) is 5.56 Å². The number of anilines is 1. The maximum Gasteiger partial charge on any atom is 0.221 e. The highest BCUT2D eigenvalue weighted by Crippen LogP contribution is 2.22. The van der Waals surface area contributed by atoms with Gasteiger partial charge in [0.1, 0.15) is 23.5 Å². The molecule has 0 aliphatic heterocycles. The van der Waals surface area contributed by atoms with Crippen molar-refractivity contribution in [3.05, 3.63) is 47.8 Å². The van der Waals surface area contributed by atoms with Crippen LogP contribution in [0.5, 0.6) is 11.6 Å². The number of hydrogen-bond donors (Lipinski definition) is 2. The van der Waals surface area contributed by atoms with Gasteiger partial charge in [-0.05, 0) is 18.2 Å². The Hall–Kier alpha value is -2.65. The number of nitrogens with zero attached hydrogens (tertiary/aromatic N) is 2. The lowest BCUT2D eigenvalue weighted by atomic mass is 10.2. The van der Waals surface area contributed by atoms with Gasteiger partial charge in [0.15, 0.2) is 0 Å². The van der Waals surface area contributed by atoms with E-state index in [4.69, 9.17) is 15.8 Å². The van der Waals surface area contributed by atoms with Gasteiger partial charge in [0.25, 0.3) is 0 Å². The lowest BCUT2D eigenvalue weighted by Crippen LogP contribution is -2.08. The Kier molecular flexibility index (Phi) is 3.36. The summed E-state index contributed by atoms with van der Waals surface area (Å²) < 4.78 is 18.7. The third-order valence-corrected chi connectivity index (χ3v) is 2.15. The van der Waals surface area contributed by atoms with Gasteiger partial charge >= 0.3 is 0 Å². The van der Waals surface area contributed by atoms with Crippen LogP contribution < -0.4 is 16.0 Å². The predicted molar refractivity (Wildman–Crippen MR) is 63.2 cm³/mol. The SMILES string of the molecule is N#Cc1ccc(Oc2cccc(NN)n2)cc1F. The van der Waals surface area contributed by atoms with E-state index in [2.05, 4.69) is 10.4 Å². The zero-order valence-electron chi connectivity index (χ0n) is 9.22. The molecule has 0 atom stereocenters. The van der Waals surface area contributed by atoms with E-state index in [9.17, 15) is 4.39 Å². The Bertz CT molecular complexity index is 609. The van der Waals surface area contributed by atoms with Crippen molar-refractivity contribution in [1.29, 1.82) is 5.26 Å². The number of nitrogen functional groups attached to an aromatic ring is 1. The molecule has 3 N–H and O–H groups in total. The van der Waals surface area contributed by atoms with Gasteiger partial charge in [-0.3, -0.25) is 0 Å². The third kappa shape index (κ3) is 2.53. The predicted octanol–water partition coefficient (Wildman–Crippen LogP) is 2.17. The number of nitriles is 1. The van der Waals surface area contributed by atoms with Gasteiger partial charge in [-0.2, -0.15) is 10.2 Å². The molecule has 2 aromatic rings. The lowest BCUT2D eigenvalue weighted by Gasteiger charge is -2.06. The van der Waals surface area contributed by atoms with Gasteiger partial charge in [-0.15, -0.1) is 0 Å². The van der Waals surface area contributed by atoms with Crippen LogP contribution >= 0.6 is 0 Å². The van der Waals surface area contributed by atoms with Gasteiger partial charge in [0.2, 0.25) is 5.88 Å². The third-order valence-electron chi connectivity index (χ3n) is 2.15. The number of ether oxygens (including phenoxy) is 1. The highest BCUT2D eigenvalue weighted by atomic mass is 19.1. The van der Waals surface area contributed by atoms with Crippen LogP contribution in [0.15, 0.2) is 36.4 Å². The minimum absolute atomic E-state index is 0.0346. The standard InChI is InChI=1S/C12H9FN4O/c13-10-6-9(5-4-8(10)7-14)18-12-3-1-2-11(16-12)17-15/h1-6H,15H2,(H,16,17). The molecule has 1 heterocycles. The first kappa shape index (κ1) is 11.8. The maximum absolute atomic E-state index is 13.3. The maximum atomic E-state index is 13.3. The molecule has 0 saturated heterocycles. The number of nitrogens with one attached hydrogen (secondary N) is 1. The van der Waals surface area contributed by atoms with Crippen molar-refractivity contribution in [2.24, 2.45) is 5.84 Å². The fourth-order valence-electron chi connectivity index (χ4n) is 1.32. The number of aromatic nitrogens is 1. The fourth-order valence-corrected chi connectivity index (χ4v) is 1.32. The summed E-state index contributed by atoms with van der Waals surface area (Å²) in [4.78, 5) is 4.01. The Balaban J connectivity index is 2.23. The van der Waals surface area contributed by atoms with Crippen molar-refractivity contribution in [3.63, 3.8) is 0 Å². The van der Waals surface area contributed by atoms with Crippen LogP contribution in [0.3, 0.4) is 0 Å². The van der Waals surface area contributed by atoms with E-state index in [1.807, 2.05) is 0 Å². The van der Waals surface area contributed by atoms with E-state index in [1.54, 1.807) is 24.3 Å². The van der Waals surface area contributed by atoms with Gasteiger partial charge in [0, 0.05) is 12.1 Å². The lowest BCUT2D eigenvalue weighted by molar-refractivity contribution is 0.458. The zero-order chi connectivity index (χ0) is 13.0. The highest BCUT2D eigenvalue weighted by Gasteiger charge is 2.05. The second-order valence-electron chi connectivity index (χ2n) is 3.36. The quantitative estimate of drug-likeness (QED) is 0.638. The van der Waals surface area contributed by atoms with Crippen molar-refractivity contribution in [1.82, 2.24) is 4.98 Å². The Morgan fingerprint density at radius 2 is 2.17 bits per heavy atom. The number of pyridine rings is 1. The van der Waals surface area contributed by atoms with Crippen molar-refractivity contribution in [2.75, 3.05) is 5.43 Å². The Morgan fingerprint density at radius 3 is 2.83 bits per heavy atom. The second-order valence-corrected chi connectivity index (χ2v) is 3.36. The number of hydrogen-bond acceptors (Lipinski definition) is 5. The van der Waals surface area contributed by atoms with Crippen LogP contribution in [0.4, 0.5) is 10.2 Å². The van der Waals surface area contributed by atoms with Crippen LogP contribution in [-0.4, -0.2) is 4.98 Å². The summed E-state index contributed by atoms with van der Waals surface area (Å²) >= 11 is 0. The molecule has 0 fully saturated rings. The molecule has 0 aliphatic carbocycles. The fraction of sp³-hybridized carbons (Fsp3) is 0. The average Bonchev–Trinajstić information content (AvgIpc) is 2.39.